The van der Waals surface area contributed by atoms with Crippen LogP contribution in [-0.4, -0.2) is 32.4 Å². The van der Waals surface area contributed by atoms with Gasteiger partial charge in [-0.05, 0) is 26.2 Å². The molecule has 0 saturated heterocycles. The third-order valence-electron chi connectivity index (χ3n) is 0.987. The summed E-state index contributed by atoms with van der Waals surface area (Å²) in [6.45, 7) is 7.40. The van der Waals surface area contributed by atoms with Crippen molar-refractivity contribution in [3.63, 3.8) is 0 Å². The summed E-state index contributed by atoms with van der Waals surface area (Å²) in [4.78, 5) is 9.37. The van der Waals surface area contributed by atoms with Gasteiger partial charge in [-0.1, -0.05) is 0 Å². The maximum atomic E-state index is 9.37. The average Bonchev–Trinajstić information content (AvgIpc) is 1.60. The van der Waals surface area contributed by atoms with Gasteiger partial charge < -0.3 is 13.0 Å². The highest BCUT2D eigenvalue weighted by Gasteiger charge is 2.31. The lowest BCUT2D eigenvalue weighted by Gasteiger charge is -2.27. The molecule has 0 aromatic rings. The van der Waals surface area contributed by atoms with Crippen molar-refractivity contribution >= 4 is 27.6 Å². The number of hydrogen-bond donors (Lipinski definition) is 1. The van der Waals surface area contributed by atoms with Crippen molar-refractivity contribution in [1.29, 1.82) is 0 Å². The van der Waals surface area contributed by atoms with Gasteiger partial charge in [-0.15, -0.1) is 0 Å². The largest absolute Gasteiger partial charge is 0.445 e. The van der Waals surface area contributed by atoms with Crippen molar-refractivity contribution in [2.45, 2.75) is 26.2 Å². The lowest BCUT2D eigenvalue weighted by Crippen LogP contribution is -2.46. The first-order chi connectivity index (χ1) is 4.27. The molecule has 0 rings (SSSR count). The molecule has 62 valence electrons. The molecular weight excluding hydrogens is 180 g/mol. The van der Waals surface area contributed by atoms with Gasteiger partial charge in [0.15, 0.2) is 0 Å². The molecule has 3 nitrogen and oxygen atoms in total. The molecule has 0 aromatic heterocycles. The number of rotatable bonds is 3. The molecule has 0 radical (unpaired) electrons. The molecule has 0 saturated carbocycles. The normalized spacial score (nSPS) is 14.1. The van der Waals surface area contributed by atoms with Crippen LogP contribution in [0.3, 0.4) is 0 Å². The highest BCUT2D eigenvalue weighted by Crippen LogP contribution is 2.11. The van der Waals surface area contributed by atoms with E-state index in [9.17, 15) is 4.80 Å². The van der Waals surface area contributed by atoms with Crippen LogP contribution >= 0.6 is 0 Å². The molecular formula is C4H16O3Si3. The Morgan fingerprint density at radius 3 is 1.70 bits per heavy atom. The first-order valence-corrected chi connectivity index (χ1v) is 9.73. The Morgan fingerprint density at radius 2 is 1.60 bits per heavy atom. The summed E-state index contributed by atoms with van der Waals surface area (Å²) in [5.74, 6) is 0. The van der Waals surface area contributed by atoms with E-state index in [1.165, 1.54) is 0 Å². The Bertz CT molecular complexity index is 109. The molecule has 0 aliphatic rings. The SMILES string of the molecule is C[Si](C)(O)O[Si](C)(C)O[SiH3]. The monoisotopic (exact) mass is 196 g/mol. The van der Waals surface area contributed by atoms with Gasteiger partial charge in [-0.3, -0.25) is 0 Å². The molecule has 0 fully saturated rings. The smallest absolute Gasteiger partial charge is 0.320 e. The second-order valence-electron chi connectivity index (χ2n) is 3.15. The Morgan fingerprint density at radius 1 is 1.20 bits per heavy atom. The van der Waals surface area contributed by atoms with Gasteiger partial charge in [0, 0.05) is 0 Å². The molecule has 1 N–H and O–H groups in total. The van der Waals surface area contributed by atoms with E-state index in [1.54, 1.807) is 13.1 Å². The zero-order valence-electron chi connectivity index (χ0n) is 7.26. The van der Waals surface area contributed by atoms with Crippen LogP contribution in [-0.2, 0) is 8.23 Å². The molecule has 0 unspecified atom stereocenters. The Hall–Kier alpha value is 0.531. The topological polar surface area (TPSA) is 38.7 Å². The van der Waals surface area contributed by atoms with E-state index in [2.05, 4.69) is 0 Å². The molecule has 10 heavy (non-hydrogen) atoms. The van der Waals surface area contributed by atoms with Crippen LogP contribution in [0.15, 0.2) is 0 Å². The van der Waals surface area contributed by atoms with E-state index < -0.39 is 17.1 Å². The van der Waals surface area contributed by atoms with Crippen LogP contribution in [0.2, 0.25) is 26.2 Å². The second-order valence-corrected chi connectivity index (χ2v) is 11.3. The summed E-state index contributed by atoms with van der Waals surface area (Å²) >= 11 is 0. The third-order valence-corrected chi connectivity index (χ3v) is 8.88. The maximum Gasteiger partial charge on any atom is 0.320 e. The van der Waals surface area contributed by atoms with E-state index in [0.29, 0.717) is 10.5 Å². The first-order valence-electron chi connectivity index (χ1n) is 3.24. The van der Waals surface area contributed by atoms with Crippen molar-refractivity contribution in [3.05, 3.63) is 0 Å². The molecule has 6 heteroatoms. The van der Waals surface area contributed by atoms with Crippen LogP contribution < -0.4 is 0 Å². The van der Waals surface area contributed by atoms with Gasteiger partial charge in [0.2, 0.25) is 0 Å². The van der Waals surface area contributed by atoms with Gasteiger partial charge in [0.1, 0.15) is 10.5 Å². The van der Waals surface area contributed by atoms with E-state index in [-0.39, 0.29) is 0 Å². The second kappa shape index (κ2) is 3.28. The minimum atomic E-state index is -2.35. The van der Waals surface area contributed by atoms with E-state index in [1.807, 2.05) is 13.1 Å². The van der Waals surface area contributed by atoms with Crippen molar-refractivity contribution in [3.8, 4) is 0 Å². The Balaban J connectivity index is 3.89. The molecule has 0 aliphatic carbocycles. The minimum Gasteiger partial charge on any atom is -0.445 e. The maximum absolute atomic E-state index is 9.37. The van der Waals surface area contributed by atoms with Crippen LogP contribution in [0.4, 0.5) is 0 Å². The van der Waals surface area contributed by atoms with Gasteiger partial charge in [-0.25, -0.2) is 0 Å². The van der Waals surface area contributed by atoms with Crippen molar-refractivity contribution in [2.75, 3.05) is 0 Å². The van der Waals surface area contributed by atoms with Crippen LogP contribution in [0.1, 0.15) is 0 Å². The predicted molar refractivity (Wildman–Crippen MR) is 49.3 cm³/mol. The summed E-state index contributed by atoms with van der Waals surface area (Å²) in [6, 6.07) is 0. The van der Waals surface area contributed by atoms with Crippen molar-refractivity contribution < 1.29 is 13.0 Å². The van der Waals surface area contributed by atoms with E-state index in [4.69, 9.17) is 8.23 Å². The third kappa shape index (κ3) is 5.33. The van der Waals surface area contributed by atoms with Crippen LogP contribution in [0.5, 0.6) is 0 Å². The fraction of sp³-hybridized carbons (Fsp3) is 1.00. The fourth-order valence-corrected chi connectivity index (χ4v) is 6.54. The van der Waals surface area contributed by atoms with Gasteiger partial charge in [-0.2, -0.15) is 0 Å². The summed E-state index contributed by atoms with van der Waals surface area (Å²) in [7, 11) is -3.61. The van der Waals surface area contributed by atoms with Crippen molar-refractivity contribution in [2.24, 2.45) is 0 Å². The molecule has 0 atom stereocenters. The molecule has 0 spiro atoms. The molecule has 0 heterocycles. The van der Waals surface area contributed by atoms with E-state index in [0.717, 1.165) is 0 Å². The molecule has 0 amide bonds. The highest BCUT2D eigenvalue weighted by atomic mass is 28.5. The lowest BCUT2D eigenvalue weighted by atomic mass is 11.9. The summed E-state index contributed by atoms with van der Waals surface area (Å²) in [5.41, 5.74) is 0. The number of hydrogen-bond acceptors (Lipinski definition) is 3. The average molecular weight is 196 g/mol. The fourth-order valence-electron chi connectivity index (χ4n) is 0.643. The van der Waals surface area contributed by atoms with Crippen LogP contribution in [0, 0.1) is 0 Å². The van der Waals surface area contributed by atoms with Gasteiger partial charge >= 0.3 is 17.1 Å². The Labute approximate surface area is 67.4 Å². The summed E-state index contributed by atoms with van der Waals surface area (Å²) < 4.78 is 10.7. The summed E-state index contributed by atoms with van der Waals surface area (Å²) in [6.07, 6.45) is 0. The predicted octanol–water partition coefficient (Wildman–Crippen LogP) is -0.304. The van der Waals surface area contributed by atoms with Gasteiger partial charge in [0.05, 0.1) is 0 Å². The zero-order valence-corrected chi connectivity index (χ0v) is 11.3. The van der Waals surface area contributed by atoms with Gasteiger partial charge in [0.25, 0.3) is 0 Å². The quantitative estimate of drug-likeness (QED) is 0.630. The Kier molecular flexibility index (Phi) is 3.46. The van der Waals surface area contributed by atoms with Crippen LogP contribution in [0.25, 0.3) is 0 Å². The van der Waals surface area contributed by atoms with E-state index >= 15 is 0 Å². The summed E-state index contributed by atoms with van der Waals surface area (Å²) in [5, 5.41) is 0. The standard InChI is InChI=1S/C4H16O3Si3/c1-9(2,5)7-10(3,4)6-8/h5H,1-4,8H3. The molecule has 0 aromatic carbocycles. The minimum absolute atomic E-state index is 0.689. The van der Waals surface area contributed by atoms with Crippen molar-refractivity contribution in [1.82, 2.24) is 0 Å². The molecule has 0 aliphatic heterocycles. The zero-order chi connectivity index (χ0) is 8.41. The lowest BCUT2D eigenvalue weighted by molar-refractivity contribution is 0.336. The molecule has 0 bridgehead atoms. The highest BCUT2D eigenvalue weighted by molar-refractivity contribution is 6.79. The first kappa shape index (κ1) is 10.5.